The molecule has 21 heavy (non-hydrogen) atoms. The number of halogens is 3. The first-order valence-corrected chi connectivity index (χ1v) is 5.80. The summed E-state index contributed by atoms with van der Waals surface area (Å²) in [6, 6.07) is 8.15. The Labute approximate surface area is 118 Å². The van der Waals surface area contributed by atoms with E-state index in [1.165, 1.54) is 31.5 Å². The predicted molar refractivity (Wildman–Crippen MR) is 67.3 cm³/mol. The molecule has 0 atom stereocenters. The van der Waals surface area contributed by atoms with Crippen LogP contribution >= 0.6 is 0 Å². The van der Waals surface area contributed by atoms with Gasteiger partial charge in [0.1, 0.15) is 17.2 Å². The number of alkyl halides is 3. The molecule has 0 aliphatic rings. The maximum atomic E-state index is 12.4. The van der Waals surface area contributed by atoms with Crippen LogP contribution in [0.2, 0.25) is 0 Å². The van der Waals surface area contributed by atoms with Gasteiger partial charge in [0, 0.05) is 12.3 Å². The predicted octanol–water partition coefficient (Wildman–Crippen LogP) is 3.22. The Morgan fingerprint density at radius 1 is 1.19 bits per heavy atom. The van der Waals surface area contributed by atoms with Gasteiger partial charge in [-0.25, -0.2) is 0 Å². The fourth-order valence-electron chi connectivity index (χ4n) is 1.66. The molecule has 0 radical (unpaired) electrons. The quantitative estimate of drug-likeness (QED) is 0.813. The number of rotatable bonds is 4. The second kappa shape index (κ2) is 5.82. The molecule has 0 spiro atoms. The Kier molecular flexibility index (Phi) is 4.11. The van der Waals surface area contributed by atoms with E-state index >= 15 is 0 Å². The SMILES string of the molecule is COc1ccc(C(=O)c2ccccn2)c(OC(F)(F)F)c1. The lowest BCUT2D eigenvalue weighted by Crippen LogP contribution is -2.19. The fourth-order valence-corrected chi connectivity index (χ4v) is 1.66. The summed E-state index contributed by atoms with van der Waals surface area (Å²) in [6.07, 6.45) is -3.54. The zero-order valence-corrected chi connectivity index (χ0v) is 10.8. The number of carbonyl (C=O) groups excluding carboxylic acids is 1. The van der Waals surface area contributed by atoms with Gasteiger partial charge in [-0.15, -0.1) is 13.2 Å². The van der Waals surface area contributed by atoms with Crippen molar-refractivity contribution in [3.8, 4) is 11.5 Å². The minimum atomic E-state index is -4.91. The van der Waals surface area contributed by atoms with Crippen molar-refractivity contribution in [3.05, 3.63) is 53.9 Å². The van der Waals surface area contributed by atoms with Crippen LogP contribution in [0.3, 0.4) is 0 Å². The molecular weight excluding hydrogens is 287 g/mol. The number of carbonyl (C=O) groups is 1. The highest BCUT2D eigenvalue weighted by molar-refractivity contribution is 6.09. The molecule has 110 valence electrons. The van der Waals surface area contributed by atoms with Gasteiger partial charge in [-0.2, -0.15) is 0 Å². The fraction of sp³-hybridized carbons (Fsp3) is 0.143. The lowest BCUT2D eigenvalue weighted by molar-refractivity contribution is -0.274. The Balaban J connectivity index is 2.45. The van der Waals surface area contributed by atoms with Gasteiger partial charge in [-0.1, -0.05) is 6.07 Å². The Morgan fingerprint density at radius 3 is 2.52 bits per heavy atom. The summed E-state index contributed by atoms with van der Waals surface area (Å²) in [5.74, 6) is -1.15. The van der Waals surface area contributed by atoms with Gasteiger partial charge in [-0.05, 0) is 24.3 Å². The van der Waals surface area contributed by atoms with E-state index < -0.39 is 17.9 Å². The molecule has 0 amide bonds. The van der Waals surface area contributed by atoms with Gasteiger partial charge >= 0.3 is 6.36 Å². The summed E-state index contributed by atoms with van der Waals surface area (Å²) in [5, 5.41) is 0. The van der Waals surface area contributed by atoms with Gasteiger partial charge in [0.2, 0.25) is 5.78 Å². The largest absolute Gasteiger partial charge is 0.573 e. The van der Waals surface area contributed by atoms with Gasteiger partial charge < -0.3 is 9.47 Å². The average Bonchev–Trinajstić information content (AvgIpc) is 2.45. The monoisotopic (exact) mass is 297 g/mol. The van der Waals surface area contributed by atoms with Crippen molar-refractivity contribution in [1.82, 2.24) is 4.98 Å². The van der Waals surface area contributed by atoms with Crippen molar-refractivity contribution < 1.29 is 27.4 Å². The number of ether oxygens (including phenoxy) is 2. The lowest BCUT2D eigenvalue weighted by atomic mass is 10.1. The molecular formula is C14H10F3NO3. The van der Waals surface area contributed by atoms with Gasteiger partial charge in [0.05, 0.1) is 12.7 Å². The molecule has 0 saturated carbocycles. The summed E-state index contributed by atoms with van der Waals surface area (Å²) in [4.78, 5) is 16.0. The van der Waals surface area contributed by atoms with Crippen molar-refractivity contribution in [2.24, 2.45) is 0 Å². The van der Waals surface area contributed by atoms with Crippen LogP contribution in [0.15, 0.2) is 42.6 Å². The van der Waals surface area contributed by atoms with Crippen LogP contribution in [-0.4, -0.2) is 24.2 Å². The van der Waals surface area contributed by atoms with Crippen LogP contribution < -0.4 is 9.47 Å². The van der Waals surface area contributed by atoms with Crippen molar-refractivity contribution in [2.75, 3.05) is 7.11 Å². The highest BCUT2D eigenvalue weighted by atomic mass is 19.4. The van der Waals surface area contributed by atoms with Crippen LogP contribution in [0.1, 0.15) is 16.1 Å². The standard InChI is InChI=1S/C14H10F3NO3/c1-20-9-5-6-10(12(8-9)21-14(15,16)17)13(19)11-4-2-3-7-18-11/h2-8H,1H3. The molecule has 0 N–H and O–H groups in total. The van der Waals surface area contributed by atoms with Crippen molar-refractivity contribution >= 4 is 5.78 Å². The van der Waals surface area contributed by atoms with Gasteiger partial charge in [0.25, 0.3) is 0 Å². The van der Waals surface area contributed by atoms with Crippen LogP contribution in [0.4, 0.5) is 13.2 Å². The molecule has 1 aromatic carbocycles. The molecule has 1 heterocycles. The Hall–Kier alpha value is -2.57. The number of hydrogen-bond donors (Lipinski definition) is 0. The molecule has 7 heteroatoms. The summed E-state index contributed by atoms with van der Waals surface area (Å²) < 4.78 is 46.0. The summed E-state index contributed by atoms with van der Waals surface area (Å²) in [7, 11) is 1.30. The number of pyridine rings is 1. The zero-order valence-electron chi connectivity index (χ0n) is 10.8. The molecule has 0 aliphatic heterocycles. The zero-order chi connectivity index (χ0) is 15.5. The highest BCUT2D eigenvalue weighted by Crippen LogP contribution is 2.31. The van der Waals surface area contributed by atoms with Crippen LogP contribution in [0.25, 0.3) is 0 Å². The maximum absolute atomic E-state index is 12.4. The first-order chi connectivity index (χ1) is 9.90. The van der Waals surface area contributed by atoms with Crippen molar-refractivity contribution in [2.45, 2.75) is 6.36 Å². The number of benzene rings is 1. The lowest BCUT2D eigenvalue weighted by Gasteiger charge is -2.13. The summed E-state index contributed by atoms with van der Waals surface area (Å²) in [6.45, 7) is 0. The molecule has 0 fully saturated rings. The molecule has 0 bridgehead atoms. The molecule has 2 aromatic rings. The third kappa shape index (κ3) is 3.71. The van der Waals surface area contributed by atoms with E-state index in [1.807, 2.05) is 0 Å². The number of aromatic nitrogens is 1. The highest BCUT2D eigenvalue weighted by Gasteiger charge is 2.33. The maximum Gasteiger partial charge on any atom is 0.573 e. The van der Waals surface area contributed by atoms with Gasteiger partial charge in [-0.3, -0.25) is 9.78 Å². The Morgan fingerprint density at radius 2 is 1.95 bits per heavy atom. The number of hydrogen-bond acceptors (Lipinski definition) is 4. The molecule has 1 aromatic heterocycles. The summed E-state index contributed by atoms with van der Waals surface area (Å²) >= 11 is 0. The molecule has 0 unspecified atom stereocenters. The molecule has 0 aliphatic carbocycles. The van der Waals surface area contributed by atoms with E-state index in [1.54, 1.807) is 12.1 Å². The molecule has 0 saturated heterocycles. The minimum Gasteiger partial charge on any atom is -0.497 e. The normalized spacial score (nSPS) is 11.0. The third-order valence-corrected chi connectivity index (χ3v) is 2.56. The smallest absolute Gasteiger partial charge is 0.497 e. The topological polar surface area (TPSA) is 48.4 Å². The van der Waals surface area contributed by atoms with E-state index in [9.17, 15) is 18.0 Å². The van der Waals surface area contributed by atoms with E-state index in [0.717, 1.165) is 6.07 Å². The van der Waals surface area contributed by atoms with Gasteiger partial charge in [0.15, 0.2) is 0 Å². The van der Waals surface area contributed by atoms with Crippen molar-refractivity contribution in [1.29, 1.82) is 0 Å². The van der Waals surface area contributed by atoms with E-state index in [0.29, 0.717) is 0 Å². The van der Waals surface area contributed by atoms with E-state index in [-0.39, 0.29) is 17.0 Å². The average molecular weight is 297 g/mol. The number of ketones is 1. The number of nitrogens with zero attached hydrogens (tertiary/aromatic N) is 1. The van der Waals surface area contributed by atoms with Crippen LogP contribution in [0, 0.1) is 0 Å². The minimum absolute atomic E-state index is 0.0229. The Bertz CT molecular complexity index is 642. The third-order valence-electron chi connectivity index (χ3n) is 2.56. The van der Waals surface area contributed by atoms with Crippen LogP contribution in [0.5, 0.6) is 11.5 Å². The van der Waals surface area contributed by atoms with E-state index in [2.05, 4.69) is 9.72 Å². The van der Waals surface area contributed by atoms with Crippen molar-refractivity contribution in [3.63, 3.8) is 0 Å². The van der Waals surface area contributed by atoms with E-state index in [4.69, 9.17) is 4.74 Å². The molecule has 2 rings (SSSR count). The first kappa shape index (κ1) is 14.8. The summed E-state index contributed by atoms with van der Waals surface area (Å²) in [5.41, 5.74) is -0.221. The molecule has 4 nitrogen and oxygen atoms in total. The van der Waals surface area contributed by atoms with Crippen LogP contribution in [-0.2, 0) is 0 Å². The second-order valence-electron chi connectivity index (χ2n) is 3.95. The first-order valence-electron chi connectivity index (χ1n) is 5.80. The number of methoxy groups -OCH3 is 1. The second-order valence-corrected chi connectivity index (χ2v) is 3.95.